The lowest BCUT2D eigenvalue weighted by molar-refractivity contribution is 0.539. The van der Waals surface area contributed by atoms with Crippen LogP contribution in [0.25, 0.3) is 16.8 Å². The number of rotatable bonds is 5. The Bertz CT molecular complexity index is 1110. The third-order valence-corrected chi connectivity index (χ3v) is 5.63. The third kappa shape index (κ3) is 3.83. The predicted molar refractivity (Wildman–Crippen MR) is 123 cm³/mol. The molecule has 2 heterocycles. The smallest absolute Gasteiger partial charge is 0.0918 e. The molecule has 0 aliphatic carbocycles. The Kier molecular flexibility index (Phi) is 5.59. The van der Waals surface area contributed by atoms with E-state index in [0.29, 0.717) is 5.02 Å². The van der Waals surface area contributed by atoms with E-state index in [1.807, 2.05) is 61.1 Å². The third-order valence-electron chi connectivity index (χ3n) is 5.30. The maximum absolute atomic E-state index is 7.88. The van der Waals surface area contributed by atoms with Crippen LogP contribution in [0.1, 0.15) is 29.3 Å². The Balaban J connectivity index is 1.85. The molecule has 0 radical (unpaired) electrons. The van der Waals surface area contributed by atoms with Gasteiger partial charge in [0, 0.05) is 44.2 Å². The fourth-order valence-electron chi connectivity index (χ4n) is 3.93. The van der Waals surface area contributed by atoms with Gasteiger partial charge in [0.1, 0.15) is 0 Å². The molecule has 0 saturated heterocycles. The zero-order valence-electron chi connectivity index (χ0n) is 17.4. The van der Waals surface area contributed by atoms with E-state index in [1.54, 1.807) is 0 Å². The standard InChI is InChI=1S/C23H25ClN6/c1-15-23-18-9-8-16(17(13-25)14-29(2)3)12-19(18)21(10-11-30(23)28-27-15)26-22-7-5-4-6-20(22)24/h4-9,12-14,21,25-26H,10-11H2,1-3H3/b17-14+,25-13?. The van der Waals surface area contributed by atoms with E-state index in [0.717, 1.165) is 52.3 Å². The number of hydrogen-bond acceptors (Lipinski definition) is 5. The topological polar surface area (TPSA) is 69.8 Å². The molecule has 2 N–H and O–H groups in total. The van der Waals surface area contributed by atoms with Crippen LogP contribution in [0.15, 0.2) is 48.7 Å². The number of fused-ring (bicyclic) bond motifs is 3. The van der Waals surface area contributed by atoms with Crippen molar-refractivity contribution < 1.29 is 0 Å². The number of allylic oxidation sites excluding steroid dienone is 1. The van der Waals surface area contributed by atoms with Crippen molar-refractivity contribution in [2.75, 3.05) is 19.4 Å². The van der Waals surface area contributed by atoms with Gasteiger partial charge in [-0.3, -0.25) is 0 Å². The summed E-state index contributed by atoms with van der Waals surface area (Å²) in [5, 5.41) is 20.9. The Hall–Kier alpha value is -3.12. The number of aryl methyl sites for hydroxylation is 2. The maximum Gasteiger partial charge on any atom is 0.0918 e. The van der Waals surface area contributed by atoms with Crippen LogP contribution in [-0.2, 0) is 6.54 Å². The average Bonchev–Trinajstić information content (AvgIpc) is 3.02. The largest absolute Gasteiger partial charge is 0.383 e. The average molecular weight is 421 g/mol. The van der Waals surface area contributed by atoms with Crippen LogP contribution in [0.5, 0.6) is 0 Å². The zero-order chi connectivity index (χ0) is 21.3. The van der Waals surface area contributed by atoms with Gasteiger partial charge in [0.2, 0.25) is 0 Å². The number of nitrogens with one attached hydrogen (secondary N) is 2. The van der Waals surface area contributed by atoms with Crippen molar-refractivity contribution in [3.05, 3.63) is 70.5 Å². The second-order valence-electron chi connectivity index (χ2n) is 7.71. The van der Waals surface area contributed by atoms with Crippen molar-refractivity contribution in [2.45, 2.75) is 25.9 Å². The van der Waals surface area contributed by atoms with E-state index in [1.165, 1.54) is 6.21 Å². The van der Waals surface area contributed by atoms with E-state index < -0.39 is 0 Å². The van der Waals surface area contributed by atoms with Crippen LogP contribution in [-0.4, -0.2) is 40.2 Å². The first-order valence-electron chi connectivity index (χ1n) is 9.92. The van der Waals surface area contributed by atoms with Crippen molar-refractivity contribution in [3.63, 3.8) is 0 Å². The van der Waals surface area contributed by atoms with Crippen molar-refractivity contribution in [3.8, 4) is 11.3 Å². The first-order chi connectivity index (χ1) is 14.5. The van der Waals surface area contributed by atoms with Gasteiger partial charge in [-0.25, -0.2) is 4.68 Å². The minimum absolute atomic E-state index is 0.0484. The number of para-hydroxylation sites is 1. The zero-order valence-corrected chi connectivity index (χ0v) is 18.1. The molecule has 1 aromatic heterocycles. The normalized spacial score (nSPS) is 15.7. The van der Waals surface area contributed by atoms with E-state index in [2.05, 4.69) is 33.8 Å². The van der Waals surface area contributed by atoms with Gasteiger partial charge in [-0.05, 0) is 42.7 Å². The lowest BCUT2D eigenvalue weighted by Gasteiger charge is -2.22. The van der Waals surface area contributed by atoms with Gasteiger partial charge in [-0.1, -0.05) is 41.1 Å². The number of anilines is 1. The van der Waals surface area contributed by atoms with E-state index >= 15 is 0 Å². The van der Waals surface area contributed by atoms with Crippen molar-refractivity contribution in [2.24, 2.45) is 0 Å². The fraction of sp³-hybridized carbons (Fsp3) is 0.261. The highest BCUT2D eigenvalue weighted by Crippen LogP contribution is 2.39. The quantitative estimate of drug-likeness (QED) is 0.569. The van der Waals surface area contributed by atoms with Crippen molar-refractivity contribution >= 4 is 29.1 Å². The summed E-state index contributed by atoms with van der Waals surface area (Å²) in [5.74, 6) is 0. The van der Waals surface area contributed by atoms with E-state index in [4.69, 9.17) is 17.0 Å². The highest BCUT2D eigenvalue weighted by Gasteiger charge is 2.26. The molecule has 1 unspecified atom stereocenters. The fourth-order valence-corrected chi connectivity index (χ4v) is 4.12. The van der Waals surface area contributed by atoms with Crippen LogP contribution < -0.4 is 5.32 Å². The molecule has 2 aromatic carbocycles. The second-order valence-corrected chi connectivity index (χ2v) is 8.11. The molecular weight excluding hydrogens is 396 g/mol. The van der Waals surface area contributed by atoms with Crippen LogP contribution in [0.2, 0.25) is 5.02 Å². The molecule has 0 bridgehead atoms. The Morgan fingerprint density at radius 2 is 2.07 bits per heavy atom. The highest BCUT2D eigenvalue weighted by molar-refractivity contribution is 6.33. The van der Waals surface area contributed by atoms with Crippen LogP contribution >= 0.6 is 11.6 Å². The number of hydrogen-bond donors (Lipinski definition) is 2. The molecule has 0 fully saturated rings. The number of halogens is 1. The van der Waals surface area contributed by atoms with Crippen molar-refractivity contribution in [1.29, 1.82) is 5.41 Å². The van der Waals surface area contributed by atoms with Gasteiger partial charge in [0.05, 0.1) is 28.1 Å². The van der Waals surface area contributed by atoms with Crippen LogP contribution in [0, 0.1) is 12.3 Å². The van der Waals surface area contributed by atoms with Gasteiger partial charge >= 0.3 is 0 Å². The molecule has 154 valence electrons. The molecule has 3 aromatic rings. The minimum atomic E-state index is 0.0484. The Morgan fingerprint density at radius 3 is 2.80 bits per heavy atom. The number of benzene rings is 2. The summed E-state index contributed by atoms with van der Waals surface area (Å²) in [5.41, 5.74) is 6.99. The minimum Gasteiger partial charge on any atom is -0.383 e. The summed E-state index contributed by atoms with van der Waals surface area (Å²) in [7, 11) is 3.92. The summed E-state index contributed by atoms with van der Waals surface area (Å²) in [6, 6.07) is 14.2. The lowest BCUT2D eigenvalue weighted by atomic mass is 9.92. The molecule has 0 spiro atoms. The Labute approximate surface area is 181 Å². The summed E-state index contributed by atoms with van der Waals surface area (Å²) >= 11 is 6.43. The molecule has 30 heavy (non-hydrogen) atoms. The maximum atomic E-state index is 7.88. The van der Waals surface area contributed by atoms with E-state index in [9.17, 15) is 0 Å². The SMILES string of the molecule is Cc1nnn2c1-c1ccc(/C(C=N)=C/N(C)C)cc1C(Nc1ccccc1Cl)CC2. The van der Waals surface area contributed by atoms with Gasteiger partial charge in [-0.15, -0.1) is 5.10 Å². The van der Waals surface area contributed by atoms with Crippen LogP contribution in [0.4, 0.5) is 5.69 Å². The van der Waals surface area contributed by atoms with Gasteiger partial charge in [0.25, 0.3) is 0 Å². The van der Waals surface area contributed by atoms with E-state index in [-0.39, 0.29) is 6.04 Å². The molecule has 0 amide bonds. The number of aromatic nitrogens is 3. The summed E-state index contributed by atoms with van der Waals surface area (Å²) in [6.07, 6.45) is 4.19. The Morgan fingerprint density at radius 1 is 1.27 bits per heavy atom. The lowest BCUT2D eigenvalue weighted by Crippen LogP contribution is -2.13. The van der Waals surface area contributed by atoms with Gasteiger partial charge < -0.3 is 15.6 Å². The van der Waals surface area contributed by atoms with Gasteiger partial charge in [0.15, 0.2) is 0 Å². The first kappa shape index (κ1) is 20.2. The first-order valence-corrected chi connectivity index (χ1v) is 10.3. The molecule has 7 heteroatoms. The molecular formula is C23H25ClN6. The summed E-state index contributed by atoms with van der Waals surface area (Å²) in [6.45, 7) is 2.75. The molecule has 6 nitrogen and oxygen atoms in total. The van der Waals surface area contributed by atoms with Gasteiger partial charge in [-0.2, -0.15) is 0 Å². The predicted octanol–water partition coefficient (Wildman–Crippen LogP) is 5.02. The monoisotopic (exact) mass is 420 g/mol. The summed E-state index contributed by atoms with van der Waals surface area (Å²) in [4.78, 5) is 1.95. The van der Waals surface area contributed by atoms with Crippen molar-refractivity contribution in [1.82, 2.24) is 19.9 Å². The molecule has 1 aliphatic heterocycles. The molecule has 0 saturated carbocycles. The number of nitrogens with zero attached hydrogens (tertiary/aromatic N) is 4. The highest BCUT2D eigenvalue weighted by atomic mass is 35.5. The second kappa shape index (κ2) is 8.32. The summed E-state index contributed by atoms with van der Waals surface area (Å²) < 4.78 is 1.98. The molecule has 1 atom stereocenters. The molecule has 4 rings (SSSR count). The van der Waals surface area contributed by atoms with Crippen LogP contribution in [0.3, 0.4) is 0 Å². The molecule has 1 aliphatic rings.